The van der Waals surface area contributed by atoms with Crippen molar-refractivity contribution in [3.05, 3.63) is 53.1 Å². The highest BCUT2D eigenvalue weighted by Gasteiger charge is 2.16. The molecule has 2 aromatic rings. The van der Waals surface area contributed by atoms with Gasteiger partial charge in [-0.05, 0) is 48.9 Å². The van der Waals surface area contributed by atoms with Crippen LogP contribution in [0.5, 0.6) is 0 Å². The SMILES string of the molecule is CN(Cc1ncc[nH]1)C(=O)c1ccc2c(c1)CCCC2. The monoisotopic (exact) mass is 269 g/mol. The fourth-order valence-corrected chi connectivity index (χ4v) is 2.77. The van der Waals surface area contributed by atoms with E-state index in [1.807, 2.05) is 13.1 Å². The number of aryl methyl sites for hydroxylation is 2. The van der Waals surface area contributed by atoms with Crippen LogP contribution in [0.3, 0.4) is 0 Å². The zero-order chi connectivity index (χ0) is 13.9. The van der Waals surface area contributed by atoms with Gasteiger partial charge in [-0.2, -0.15) is 0 Å². The maximum Gasteiger partial charge on any atom is 0.254 e. The molecule has 0 spiro atoms. The first-order valence-corrected chi connectivity index (χ1v) is 7.09. The normalized spacial score (nSPS) is 13.8. The molecule has 0 bridgehead atoms. The number of carbonyl (C=O) groups excluding carboxylic acids is 1. The number of H-pyrrole nitrogens is 1. The summed E-state index contributed by atoms with van der Waals surface area (Å²) in [6.07, 6.45) is 8.20. The molecule has 1 N–H and O–H groups in total. The van der Waals surface area contributed by atoms with Crippen LogP contribution in [-0.4, -0.2) is 27.8 Å². The molecular weight excluding hydrogens is 250 g/mol. The van der Waals surface area contributed by atoms with Crippen LogP contribution in [-0.2, 0) is 19.4 Å². The molecule has 0 radical (unpaired) electrons. The van der Waals surface area contributed by atoms with Gasteiger partial charge in [0.25, 0.3) is 5.91 Å². The van der Waals surface area contributed by atoms with Crippen molar-refractivity contribution in [2.75, 3.05) is 7.05 Å². The highest BCUT2D eigenvalue weighted by Crippen LogP contribution is 2.22. The van der Waals surface area contributed by atoms with E-state index in [0.29, 0.717) is 6.54 Å². The summed E-state index contributed by atoms with van der Waals surface area (Å²) in [4.78, 5) is 21.3. The molecule has 0 fully saturated rings. The second kappa shape index (κ2) is 5.49. The maximum atomic E-state index is 12.4. The van der Waals surface area contributed by atoms with Gasteiger partial charge in [-0.15, -0.1) is 0 Å². The molecule has 1 aliphatic rings. The molecule has 1 aliphatic carbocycles. The fraction of sp³-hybridized carbons (Fsp3) is 0.375. The highest BCUT2D eigenvalue weighted by atomic mass is 16.2. The Balaban J connectivity index is 1.76. The minimum atomic E-state index is 0.0507. The Bertz CT molecular complexity index is 604. The van der Waals surface area contributed by atoms with Crippen molar-refractivity contribution < 1.29 is 4.79 Å². The van der Waals surface area contributed by atoms with Crippen LogP contribution in [0.2, 0.25) is 0 Å². The minimum Gasteiger partial charge on any atom is -0.347 e. The lowest BCUT2D eigenvalue weighted by Crippen LogP contribution is -2.27. The molecule has 4 nitrogen and oxygen atoms in total. The van der Waals surface area contributed by atoms with Gasteiger partial charge < -0.3 is 9.88 Å². The summed E-state index contributed by atoms with van der Waals surface area (Å²) >= 11 is 0. The van der Waals surface area contributed by atoms with Gasteiger partial charge in [-0.1, -0.05) is 6.07 Å². The van der Waals surface area contributed by atoms with Crippen LogP contribution in [0, 0.1) is 0 Å². The molecule has 1 amide bonds. The zero-order valence-electron chi connectivity index (χ0n) is 11.7. The largest absolute Gasteiger partial charge is 0.347 e. The number of nitrogens with one attached hydrogen (secondary N) is 1. The standard InChI is InChI=1S/C16H19N3O/c1-19(11-15-17-8-9-18-15)16(20)14-7-6-12-4-2-3-5-13(12)10-14/h6-10H,2-5,11H2,1H3,(H,17,18). The molecule has 0 saturated heterocycles. The van der Waals surface area contributed by atoms with Crippen molar-refractivity contribution in [1.29, 1.82) is 0 Å². The second-order valence-electron chi connectivity index (χ2n) is 5.39. The molecule has 104 valence electrons. The van der Waals surface area contributed by atoms with Gasteiger partial charge in [0.15, 0.2) is 0 Å². The van der Waals surface area contributed by atoms with Crippen molar-refractivity contribution in [2.45, 2.75) is 32.2 Å². The average Bonchev–Trinajstić information content (AvgIpc) is 2.99. The third-order valence-electron chi connectivity index (χ3n) is 3.88. The predicted octanol–water partition coefficient (Wildman–Crippen LogP) is 2.56. The summed E-state index contributed by atoms with van der Waals surface area (Å²) in [5.41, 5.74) is 3.52. The summed E-state index contributed by atoms with van der Waals surface area (Å²) in [6.45, 7) is 0.503. The summed E-state index contributed by atoms with van der Waals surface area (Å²) < 4.78 is 0. The number of fused-ring (bicyclic) bond motifs is 1. The second-order valence-corrected chi connectivity index (χ2v) is 5.39. The zero-order valence-corrected chi connectivity index (χ0v) is 11.7. The first-order valence-electron chi connectivity index (χ1n) is 7.09. The summed E-state index contributed by atoms with van der Waals surface area (Å²) in [6, 6.07) is 6.13. The molecule has 3 rings (SSSR count). The van der Waals surface area contributed by atoms with Gasteiger partial charge in [0.1, 0.15) is 5.82 Å². The molecule has 4 heteroatoms. The lowest BCUT2D eigenvalue weighted by Gasteiger charge is -2.19. The predicted molar refractivity (Wildman–Crippen MR) is 77.5 cm³/mol. The van der Waals surface area contributed by atoms with Crippen molar-refractivity contribution in [3.8, 4) is 0 Å². The van der Waals surface area contributed by atoms with Gasteiger partial charge >= 0.3 is 0 Å². The van der Waals surface area contributed by atoms with E-state index in [9.17, 15) is 4.79 Å². The van der Waals surface area contributed by atoms with Crippen LogP contribution in [0.25, 0.3) is 0 Å². The lowest BCUT2D eigenvalue weighted by molar-refractivity contribution is 0.0781. The molecule has 1 aromatic carbocycles. The molecule has 1 heterocycles. The van der Waals surface area contributed by atoms with Gasteiger partial charge in [-0.3, -0.25) is 4.79 Å². The minimum absolute atomic E-state index is 0.0507. The molecule has 1 aromatic heterocycles. The Hall–Kier alpha value is -2.10. The van der Waals surface area contributed by atoms with E-state index >= 15 is 0 Å². The maximum absolute atomic E-state index is 12.4. The van der Waals surface area contributed by atoms with Crippen molar-refractivity contribution in [1.82, 2.24) is 14.9 Å². The Morgan fingerprint density at radius 2 is 2.10 bits per heavy atom. The number of hydrogen-bond donors (Lipinski definition) is 1. The number of aromatic nitrogens is 2. The van der Waals surface area contributed by atoms with Gasteiger partial charge in [0.05, 0.1) is 6.54 Å². The number of aromatic amines is 1. The Labute approximate surface area is 118 Å². The Morgan fingerprint density at radius 1 is 1.30 bits per heavy atom. The highest BCUT2D eigenvalue weighted by molar-refractivity contribution is 5.94. The fourth-order valence-electron chi connectivity index (χ4n) is 2.77. The van der Waals surface area contributed by atoms with E-state index in [2.05, 4.69) is 22.1 Å². The third kappa shape index (κ3) is 2.59. The molecular formula is C16H19N3O. The van der Waals surface area contributed by atoms with Crippen molar-refractivity contribution >= 4 is 5.91 Å². The Morgan fingerprint density at radius 3 is 2.85 bits per heavy atom. The topological polar surface area (TPSA) is 49.0 Å². The number of rotatable bonds is 3. The van der Waals surface area contributed by atoms with Crippen LogP contribution >= 0.6 is 0 Å². The molecule has 20 heavy (non-hydrogen) atoms. The van der Waals surface area contributed by atoms with E-state index in [1.165, 1.54) is 24.0 Å². The third-order valence-corrected chi connectivity index (χ3v) is 3.88. The van der Waals surface area contributed by atoms with E-state index in [-0.39, 0.29) is 5.91 Å². The number of benzene rings is 1. The number of nitrogens with zero attached hydrogens (tertiary/aromatic N) is 2. The Kier molecular flexibility index (Phi) is 3.54. The van der Waals surface area contributed by atoms with Gasteiger partial charge in [-0.25, -0.2) is 4.98 Å². The van der Waals surface area contributed by atoms with Crippen LogP contribution in [0.4, 0.5) is 0 Å². The van der Waals surface area contributed by atoms with Crippen molar-refractivity contribution in [3.63, 3.8) is 0 Å². The van der Waals surface area contributed by atoms with Crippen LogP contribution in [0.15, 0.2) is 30.6 Å². The van der Waals surface area contributed by atoms with E-state index in [4.69, 9.17) is 0 Å². The molecule has 0 saturated carbocycles. The number of imidazole rings is 1. The van der Waals surface area contributed by atoms with E-state index in [0.717, 1.165) is 24.2 Å². The molecule has 0 atom stereocenters. The average molecular weight is 269 g/mol. The summed E-state index contributed by atoms with van der Waals surface area (Å²) in [5.74, 6) is 0.855. The smallest absolute Gasteiger partial charge is 0.254 e. The summed E-state index contributed by atoms with van der Waals surface area (Å²) in [7, 11) is 1.81. The van der Waals surface area contributed by atoms with Crippen LogP contribution in [0.1, 0.15) is 40.2 Å². The first-order chi connectivity index (χ1) is 9.74. The summed E-state index contributed by atoms with van der Waals surface area (Å²) in [5, 5.41) is 0. The van der Waals surface area contributed by atoms with E-state index in [1.54, 1.807) is 17.3 Å². The molecule has 0 unspecified atom stereocenters. The van der Waals surface area contributed by atoms with E-state index < -0.39 is 0 Å². The quantitative estimate of drug-likeness (QED) is 0.931. The lowest BCUT2D eigenvalue weighted by atomic mass is 9.90. The van der Waals surface area contributed by atoms with Crippen LogP contribution < -0.4 is 0 Å². The number of carbonyl (C=O) groups is 1. The van der Waals surface area contributed by atoms with Crippen molar-refractivity contribution in [2.24, 2.45) is 0 Å². The number of hydrogen-bond acceptors (Lipinski definition) is 2. The molecule has 0 aliphatic heterocycles. The first kappa shape index (κ1) is 12.9. The number of amides is 1. The van der Waals surface area contributed by atoms with Gasteiger partial charge in [0, 0.05) is 25.0 Å². The van der Waals surface area contributed by atoms with Gasteiger partial charge in [0.2, 0.25) is 0 Å².